The summed E-state index contributed by atoms with van der Waals surface area (Å²) in [5.41, 5.74) is 4.44. The molecular formula is C50H59NO12. The van der Waals surface area contributed by atoms with Gasteiger partial charge < -0.3 is 59.1 Å². The maximum Gasteiger partial charge on any atom is 0.133 e. The van der Waals surface area contributed by atoms with Crippen LogP contribution in [0.4, 0.5) is 0 Å². The molecule has 0 bridgehead atoms. The van der Waals surface area contributed by atoms with Gasteiger partial charge in [0, 0.05) is 72.6 Å². The van der Waals surface area contributed by atoms with E-state index in [1.807, 2.05) is 30.3 Å². The minimum atomic E-state index is -1.08. The first-order chi connectivity index (χ1) is 30.7. The zero-order valence-corrected chi connectivity index (χ0v) is 35.9. The van der Waals surface area contributed by atoms with Crippen LogP contribution in [0.5, 0.6) is 40.2 Å². The highest BCUT2D eigenvalue weighted by Gasteiger charge is 2.50. The quantitative estimate of drug-likeness (QED) is 0.0341. The molecule has 0 saturated heterocycles. The van der Waals surface area contributed by atoms with E-state index in [9.17, 15) is 30.6 Å². The molecule has 2 heterocycles. The van der Waals surface area contributed by atoms with Gasteiger partial charge in [-0.1, -0.05) is 18.2 Å². The largest absolute Gasteiger partial charge is 0.508 e. The summed E-state index contributed by atoms with van der Waals surface area (Å²) in [6.45, 7) is 0.398. The van der Waals surface area contributed by atoms with Crippen LogP contribution in [-0.2, 0) is 15.9 Å². The van der Waals surface area contributed by atoms with Gasteiger partial charge in [0.2, 0.25) is 0 Å². The zero-order chi connectivity index (χ0) is 44.0. The predicted octanol–water partition coefficient (Wildman–Crippen LogP) is 7.44. The molecule has 0 unspecified atom stereocenters. The molecule has 63 heavy (non-hydrogen) atoms. The van der Waals surface area contributed by atoms with Crippen LogP contribution in [0.15, 0.2) is 78.9 Å². The molecule has 13 heteroatoms. The molecule has 8 rings (SSSR count). The lowest BCUT2D eigenvalue weighted by atomic mass is 9.72. The predicted molar refractivity (Wildman–Crippen MR) is 237 cm³/mol. The third kappa shape index (κ3) is 9.64. The SMILES string of the molecule is COCCC[C@@H]1Oc2c(cc(OC)c3cc(O)ccc23)[C@H](O[C@H](CCO)CNCO)[C@@H]1[C@H]1COc2c(Cc3cc(O)ccc3-c3cccc(O)c3)cc(OC3CCCC3)cc2[C@H]1O. The number of phenols is 3. The summed E-state index contributed by atoms with van der Waals surface area (Å²) in [6, 6.07) is 23.0. The van der Waals surface area contributed by atoms with Gasteiger partial charge in [-0.05, 0) is 122 Å². The molecule has 0 amide bonds. The standard InChI is InChI=1S/C50H59NO12/c1-58-18-6-11-44-46(50(62-36(16-17-52)26-51-28-53)42-25-45(59-2)40-23-34(56)13-15-39(40)49(42)63-44)43-27-60-48-31(22-37(24-41(48)47(43)57)61-35-9-3-4-10-35)19-30-21-33(55)12-14-38(30)29-7-5-8-32(54)20-29/h5,7-8,12-15,20-25,35-36,43-44,46-47,50-57H,3-4,6,9-11,16-19,26-28H2,1-2H3/t36-,43-,44+,46-,47-,50+/m1/s1. The second-order valence-corrected chi connectivity index (χ2v) is 16.9. The Balaban J connectivity index is 1.25. The van der Waals surface area contributed by atoms with Gasteiger partial charge in [0.25, 0.3) is 0 Å². The molecule has 2 aliphatic heterocycles. The maximum absolute atomic E-state index is 12.9. The summed E-state index contributed by atoms with van der Waals surface area (Å²) in [7, 11) is 3.22. The normalized spacial score (nSPS) is 21.3. The van der Waals surface area contributed by atoms with E-state index in [2.05, 4.69) is 5.32 Å². The number of hydrogen-bond donors (Lipinski definition) is 7. The average molecular weight is 866 g/mol. The highest BCUT2D eigenvalue weighted by atomic mass is 16.5. The lowest BCUT2D eigenvalue weighted by Crippen LogP contribution is -2.48. The van der Waals surface area contributed by atoms with Crippen LogP contribution in [0.3, 0.4) is 0 Å². The number of benzene rings is 5. The lowest BCUT2D eigenvalue weighted by Gasteiger charge is -2.47. The summed E-state index contributed by atoms with van der Waals surface area (Å²) >= 11 is 0. The number of fused-ring (bicyclic) bond motifs is 4. The first-order valence-corrected chi connectivity index (χ1v) is 22.0. The molecule has 0 aromatic heterocycles. The second kappa shape index (κ2) is 20.0. The average Bonchev–Trinajstić information content (AvgIpc) is 3.79. The third-order valence-corrected chi connectivity index (χ3v) is 12.8. The van der Waals surface area contributed by atoms with E-state index in [1.54, 1.807) is 62.8 Å². The Hall–Kier alpha value is -5.28. The van der Waals surface area contributed by atoms with Gasteiger partial charge in [0.15, 0.2) is 0 Å². The number of rotatable bonds is 18. The molecular weight excluding hydrogens is 807 g/mol. The number of phenolic OH excluding ortho intramolecular Hbond substituents is 3. The fraction of sp³-hybridized carbons (Fsp3) is 0.440. The zero-order valence-electron chi connectivity index (χ0n) is 35.9. The molecule has 6 atom stereocenters. The second-order valence-electron chi connectivity index (χ2n) is 16.9. The van der Waals surface area contributed by atoms with Gasteiger partial charge >= 0.3 is 0 Å². The van der Waals surface area contributed by atoms with Crippen molar-refractivity contribution in [1.29, 1.82) is 0 Å². The Morgan fingerprint density at radius 2 is 1.62 bits per heavy atom. The van der Waals surface area contributed by atoms with E-state index in [4.69, 9.17) is 28.4 Å². The van der Waals surface area contributed by atoms with E-state index in [-0.39, 0.29) is 56.3 Å². The van der Waals surface area contributed by atoms with Crippen molar-refractivity contribution in [2.24, 2.45) is 11.8 Å². The van der Waals surface area contributed by atoms with Gasteiger partial charge in [-0.15, -0.1) is 0 Å². The molecule has 13 nitrogen and oxygen atoms in total. The molecule has 1 aliphatic carbocycles. The summed E-state index contributed by atoms with van der Waals surface area (Å²) in [6.07, 6.45) is 3.00. The van der Waals surface area contributed by atoms with Crippen LogP contribution >= 0.6 is 0 Å². The highest BCUT2D eigenvalue weighted by Crippen LogP contribution is 2.55. The molecule has 7 N–H and O–H groups in total. The van der Waals surface area contributed by atoms with E-state index in [0.717, 1.165) is 53.3 Å². The number of hydrogen-bond acceptors (Lipinski definition) is 13. The van der Waals surface area contributed by atoms with Crippen LogP contribution in [0.1, 0.15) is 79.4 Å². The highest BCUT2D eigenvalue weighted by molar-refractivity contribution is 5.96. The van der Waals surface area contributed by atoms with E-state index < -0.39 is 36.3 Å². The Kier molecular flexibility index (Phi) is 14.1. The number of aliphatic hydroxyl groups excluding tert-OH is 3. The Morgan fingerprint density at radius 3 is 2.38 bits per heavy atom. The number of nitrogens with one attached hydrogen (secondary N) is 1. The summed E-state index contributed by atoms with van der Waals surface area (Å²) < 4.78 is 39.1. The van der Waals surface area contributed by atoms with Crippen molar-refractivity contribution in [3.05, 3.63) is 101 Å². The van der Waals surface area contributed by atoms with E-state index >= 15 is 0 Å². The molecule has 5 aromatic carbocycles. The molecule has 5 aromatic rings. The molecule has 336 valence electrons. The first-order valence-electron chi connectivity index (χ1n) is 22.0. The summed E-state index contributed by atoms with van der Waals surface area (Å²) in [5, 5.41) is 68.8. The van der Waals surface area contributed by atoms with Crippen molar-refractivity contribution in [2.45, 2.75) is 81.9 Å². The summed E-state index contributed by atoms with van der Waals surface area (Å²) in [5.74, 6) is 1.43. The molecule has 0 spiro atoms. The van der Waals surface area contributed by atoms with Crippen molar-refractivity contribution in [3.8, 4) is 51.4 Å². The van der Waals surface area contributed by atoms with Crippen molar-refractivity contribution in [2.75, 3.05) is 47.3 Å². The maximum atomic E-state index is 12.9. The Morgan fingerprint density at radius 1 is 0.825 bits per heavy atom. The fourth-order valence-electron chi connectivity index (χ4n) is 9.84. The molecule has 3 aliphatic rings. The van der Waals surface area contributed by atoms with Crippen molar-refractivity contribution in [1.82, 2.24) is 5.32 Å². The van der Waals surface area contributed by atoms with Crippen molar-refractivity contribution < 1.29 is 59.1 Å². The minimum absolute atomic E-state index is 0.0332. The monoisotopic (exact) mass is 865 g/mol. The molecule has 1 fully saturated rings. The third-order valence-electron chi connectivity index (χ3n) is 12.8. The number of ether oxygens (including phenoxy) is 6. The number of aromatic hydroxyl groups is 3. The fourth-order valence-corrected chi connectivity index (χ4v) is 9.84. The first kappa shape index (κ1) is 44.3. The van der Waals surface area contributed by atoms with Gasteiger partial charge in [-0.2, -0.15) is 0 Å². The van der Waals surface area contributed by atoms with Crippen LogP contribution in [-0.4, -0.2) is 96.3 Å². The van der Waals surface area contributed by atoms with Crippen molar-refractivity contribution in [3.63, 3.8) is 0 Å². The molecule has 0 radical (unpaired) electrons. The Bertz CT molecular complexity index is 2350. The van der Waals surface area contributed by atoms with Crippen LogP contribution in [0.25, 0.3) is 21.9 Å². The van der Waals surface area contributed by atoms with Crippen molar-refractivity contribution >= 4 is 10.8 Å². The minimum Gasteiger partial charge on any atom is -0.508 e. The smallest absolute Gasteiger partial charge is 0.133 e. The van der Waals surface area contributed by atoms with E-state index in [1.165, 1.54) is 0 Å². The molecule has 1 saturated carbocycles. The van der Waals surface area contributed by atoms with Gasteiger partial charge in [0.1, 0.15) is 46.4 Å². The number of aliphatic hydroxyl groups is 3. The van der Waals surface area contributed by atoms with Gasteiger partial charge in [-0.25, -0.2) is 0 Å². The van der Waals surface area contributed by atoms with Gasteiger partial charge in [-0.3, -0.25) is 5.32 Å². The summed E-state index contributed by atoms with van der Waals surface area (Å²) in [4.78, 5) is 0. The van der Waals surface area contributed by atoms with E-state index in [0.29, 0.717) is 65.4 Å². The van der Waals surface area contributed by atoms with Crippen LogP contribution in [0, 0.1) is 11.8 Å². The van der Waals surface area contributed by atoms with Gasteiger partial charge in [0.05, 0.1) is 44.9 Å². The van der Waals surface area contributed by atoms with Crippen LogP contribution < -0.4 is 24.3 Å². The Labute approximate surface area is 367 Å². The van der Waals surface area contributed by atoms with Crippen LogP contribution in [0.2, 0.25) is 0 Å². The number of methoxy groups -OCH3 is 2. The lowest BCUT2D eigenvalue weighted by molar-refractivity contribution is -0.135. The topological polar surface area (TPSA) is 189 Å².